The minimum absolute atomic E-state index is 0.160. The maximum Gasteiger partial charge on any atom is 0.309 e. The molecule has 1 aromatic rings. The molecule has 1 N–H and O–H groups in total. The van der Waals surface area contributed by atoms with Gasteiger partial charge in [-0.3, -0.25) is 9.59 Å². The average molecular weight is 347 g/mol. The third kappa shape index (κ3) is 6.95. The first-order valence-electron chi connectivity index (χ1n) is 8.40. The fraction of sp³-hybridized carbons (Fsp3) is 0.556. The Hall–Kier alpha value is -2.37. The molecule has 0 saturated heterocycles. The summed E-state index contributed by atoms with van der Waals surface area (Å²) >= 11 is 0. The van der Waals surface area contributed by atoms with Gasteiger partial charge in [0, 0.05) is 11.3 Å². The van der Waals surface area contributed by atoms with Gasteiger partial charge in [-0.05, 0) is 23.9 Å². The quantitative estimate of drug-likeness (QED) is 0.286. The smallest absolute Gasteiger partial charge is 0.309 e. The van der Waals surface area contributed by atoms with Gasteiger partial charge in [-0.2, -0.15) is 0 Å². The molecule has 0 saturated carbocycles. The van der Waals surface area contributed by atoms with E-state index in [2.05, 4.69) is 10.0 Å². The van der Waals surface area contributed by atoms with Crippen LogP contribution in [0.2, 0.25) is 0 Å². The second-order valence-electron chi connectivity index (χ2n) is 5.94. The molecule has 1 rings (SSSR count). The number of aliphatic hydroxyl groups excluding tert-OH is 1. The number of ketones is 1. The van der Waals surface area contributed by atoms with Gasteiger partial charge in [0.05, 0.1) is 19.1 Å². The fourth-order valence-electron chi connectivity index (χ4n) is 2.64. The first-order valence-corrected chi connectivity index (χ1v) is 8.40. The molecule has 0 unspecified atom stereocenters. The molecule has 7 heteroatoms. The number of esters is 1. The van der Waals surface area contributed by atoms with Gasteiger partial charge in [0.2, 0.25) is 0 Å². The summed E-state index contributed by atoms with van der Waals surface area (Å²) in [4.78, 5) is 27.1. The SMILES string of the molecule is CCCC[C@H](N=[N+]=[N-])[C@H](O)C(=O)C[C@@H](Cc1ccccc1)C(=O)OC. The molecule has 1 aromatic carbocycles. The lowest BCUT2D eigenvalue weighted by molar-refractivity contribution is -0.148. The molecular weight excluding hydrogens is 322 g/mol. The van der Waals surface area contributed by atoms with Crippen LogP contribution in [0.25, 0.3) is 10.4 Å². The van der Waals surface area contributed by atoms with E-state index in [0.717, 1.165) is 18.4 Å². The molecule has 0 aromatic heterocycles. The summed E-state index contributed by atoms with van der Waals surface area (Å²) < 4.78 is 4.78. The Morgan fingerprint density at radius 1 is 1.32 bits per heavy atom. The van der Waals surface area contributed by atoms with Gasteiger partial charge in [0.15, 0.2) is 5.78 Å². The first kappa shape index (κ1) is 20.7. The van der Waals surface area contributed by atoms with E-state index in [1.165, 1.54) is 7.11 Å². The van der Waals surface area contributed by atoms with Gasteiger partial charge in [-0.25, -0.2) is 0 Å². The molecule has 0 fully saturated rings. The summed E-state index contributed by atoms with van der Waals surface area (Å²) in [5.41, 5.74) is 9.53. The van der Waals surface area contributed by atoms with Crippen LogP contribution in [0.4, 0.5) is 0 Å². The van der Waals surface area contributed by atoms with Crippen molar-refractivity contribution in [2.45, 2.75) is 51.2 Å². The maximum atomic E-state index is 12.4. The molecule has 0 amide bonds. The van der Waals surface area contributed by atoms with Crippen LogP contribution in [-0.2, 0) is 20.7 Å². The van der Waals surface area contributed by atoms with Crippen molar-refractivity contribution < 1.29 is 19.4 Å². The summed E-state index contributed by atoms with van der Waals surface area (Å²) in [5.74, 6) is -1.70. The van der Waals surface area contributed by atoms with Crippen molar-refractivity contribution in [2.24, 2.45) is 11.0 Å². The first-order chi connectivity index (χ1) is 12.0. The van der Waals surface area contributed by atoms with Crippen LogP contribution in [0.1, 0.15) is 38.2 Å². The normalized spacial score (nSPS) is 14.0. The molecule has 0 spiro atoms. The lowest BCUT2D eigenvalue weighted by Gasteiger charge is -2.20. The summed E-state index contributed by atoms with van der Waals surface area (Å²) in [6.45, 7) is 1.97. The molecular formula is C18H25N3O4. The summed E-state index contributed by atoms with van der Waals surface area (Å²) in [5, 5.41) is 13.8. The topological polar surface area (TPSA) is 112 Å². The molecule has 7 nitrogen and oxygen atoms in total. The predicted molar refractivity (Wildman–Crippen MR) is 93.7 cm³/mol. The van der Waals surface area contributed by atoms with Crippen LogP contribution in [0.15, 0.2) is 35.4 Å². The van der Waals surface area contributed by atoms with Crippen molar-refractivity contribution in [3.05, 3.63) is 46.3 Å². The predicted octanol–water partition coefficient (Wildman–Crippen LogP) is 3.21. The summed E-state index contributed by atoms with van der Waals surface area (Å²) in [7, 11) is 1.27. The van der Waals surface area contributed by atoms with Gasteiger partial charge in [-0.1, -0.05) is 55.2 Å². The van der Waals surface area contributed by atoms with Crippen molar-refractivity contribution in [3.63, 3.8) is 0 Å². The van der Waals surface area contributed by atoms with Gasteiger partial charge in [-0.15, -0.1) is 0 Å². The van der Waals surface area contributed by atoms with Crippen molar-refractivity contribution in [2.75, 3.05) is 7.11 Å². The molecule has 0 radical (unpaired) electrons. The lowest BCUT2D eigenvalue weighted by Crippen LogP contribution is -2.35. The Morgan fingerprint density at radius 2 is 2.00 bits per heavy atom. The van der Waals surface area contributed by atoms with E-state index in [1.807, 2.05) is 37.3 Å². The molecule has 0 aliphatic carbocycles. The third-order valence-electron chi connectivity index (χ3n) is 4.05. The highest BCUT2D eigenvalue weighted by molar-refractivity contribution is 5.88. The zero-order chi connectivity index (χ0) is 18.7. The Kier molecular flexibility index (Phi) is 9.29. The van der Waals surface area contributed by atoms with Crippen LogP contribution in [-0.4, -0.2) is 36.1 Å². The van der Waals surface area contributed by atoms with E-state index in [9.17, 15) is 14.7 Å². The molecule has 3 atom stereocenters. The van der Waals surface area contributed by atoms with Gasteiger partial charge < -0.3 is 9.84 Å². The number of methoxy groups -OCH3 is 1. The number of benzene rings is 1. The average Bonchev–Trinajstić information content (AvgIpc) is 2.64. The summed E-state index contributed by atoms with van der Waals surface area (Å²) in [6, 6.07) is 8.48. The number of azide groups is 1. The largest absolute Gasteiger partial charge is 0.469 e. The third-order valence-corrected chi connectivity index (χ3v) is 4.05. The Labute approximate surface area is 147 Å². The minimum atomic E-state index is -1.41. The second-order valence-corrected chi connectivity index (χ2v) is 5.94. The number of nitrogens with zero attached hydrogens (tertiary/aromatic N) is 3. The molecule has 0 aliphatic rings. The molecule has 0 aliphatic heterocycles. The summed E-state index contributed by atoms with van der Waals surface area (Å²) in [6.07, 6.45) is 0.787. The Balaban J connectivity index is 2.81. The zero-order valence-electron chi connectivity index (χ0n) is 14.7. The van der Waals surface area contributed by atoms with Crippen molar-refractivity contribution >= 4 is 11.8 Å². The number of carbonyl (C=O) groups excluding carboxylic acids is 2. The number of carbonyl (C=O) groups is 2. The fourth-order valence-corrected chi connectivity index (χ4v) is 2.64. The van der Waals surface area contributed by atoms with E-state index in [-0.39, 0.29) is 6.42 Å². The van der Waals surface area contributed by atoms with E-state index < -0.39 is 29.8 Å². The molecule has 0 bridgehead atoms. The zero-order valence-corrected chi connectivity index (χ0v) is 14.7. The van der Waals surface area contributed by atoms with Crippen LogP contribution in [0, 0.1) is 5.92 Å². The van der Waals surface area contributed by atoms with E-state index >= 15 is 0 Å². The second kappa shape index (κ2) is 11.2. The Morgan fingerprint density at radius 3 is 2.56 bits per heavy atom. The Bertz CT molecular complexity index is 600. The van der Waals surface area contributed by atoms with Crippen molar-refractivity contribution in [1.29, 1.82) is 0 Å². The highest BCUT2D eigenvalue weighted by Crippen LogP contribution is 2.18. The van der Waals surface area contributed by atoms with E-state index in [4.69, 9.17) is 10.3 Å². The van der Waals surface area contributed by atoms with Gasteiger partial charge in [0.25, 0.3) is 0 Å². The molecule has 25 heavy (non-hydrogen) atoms. The van der Waals surface area contributed by atoms with Crippen molar-refractivity contribution in [3.8, 4) is 0 Å². The minimum Gasteiger partial charge on any atom is -0.469 e. The van der Waals surface area contributed by atoms with Gasteiger partial charge in [0.1, 0.15) is 6.10 Å². The van der Waals surface area contributed by atoms with Crippen LogP contribution in [0.5, 0.6) is 0 Å². The number of rotatable bonds is 11. The van der Waals surface area contributed by atoms with E-state index in [1.54, 1.807) is 0 Å². The number of unbranched alkanes of at least 4 members (excludes halogenated alkanes) is 1. The molecule has 136 valence electrons. The number of ether oxygens (including phenoxy) is 1. The number of aliphatic hydroxyl groups is 1. The number of hydrogen-bond acceptors (Lipinski definition) is 5. The van der Waals surface area contributed by atoms with E-state index in [0.29, 0.717) is 12.8 Å². The van der Waals surface area contributed by atoms with Crippen molar-refractivity contribution in [1.82, 2.24) is 0 Å². The van der Waals surface area contributed by atoms with Crippen LogP contribution < -0.4 is 0 Å². The molecule has 0 heterocycles. The highest BCUT2D eigenvalue weighted by Gasteiger charge is 2.30. The standard InChI is InChI=1S/C18H25N3O4/c1-3-4-10-15(20-21-19)17(23)16(22)12-14(18(24)25-2)11-13-8-6-5-7-9-13/h5-9,14-15,17,23H,3-4,10-12H2,1-2H3/t14-,15+,17+/m1/s1. The maximum absolute atomic E-state index is 12.4. The number of Topliss-reactive ketones (excluding diaryl/α,β-unsaturated/α-hetero) is 1. The van der Waals surface area contributed by atoms with Crippen LogP contribution >= 0.6 is 0 Å². The number of hydrogen-bond donors (Lipinski definition) is 1. The van der Waals surface area contributed by atoms with Crippen LogP contribution in [0.3, 0.4) is 0 Å². The lowest BCUT2D eigenvalue weighted by atomic mass is 9.90. The highest BCUT2D eigenvalue weighted by atomic mass is 16.5. The monoisotopic (exact) mass is 347 g/mol. The van der Waals surface area contributed by atoms with Gasteiger partial charge >= 0.3 is 5.97 Å².